The SMILES string of the molecule is CN1CCOc2ccc(NS(=O)(=O)c3cccc(Cl)c3)cc2C1=O. The van der Waals surface area contributed by atoms with E-state index in [0.717, 1.165) is 0 Å². The van der Waals surface area contributed by atoms with E-state index in [1.165, 1.54) is 23.1 Å². The lowest BCUT2D eigenvalue weighted by Gasteiger charge is -2.13. The number of amides is 1. The van der Waals surface area contributed by atoms with Crippen LogP contribution in [0.4, 0.5) is 5.69 Å². The normalized spacial score (nSPS) is 14.6. The number of carbonyl (C=O) groups is 1. The summed E-state index contributed by atoms with van der Waals surface area (Å²) in [5.41, 5.74) is 0.599. The minimum absolute atomic E-state index is 0.0460. The first-order chi connectivity index (χ1) is 11.4. The third-order valence-electron chi connectivity index (χ3n) is 3.60. The minimum Gasteiger partial charge on any atom is -0.491 e. The predicted molar refractivity (Wildman–Crippen MR) is 91.2 cm³/mol. The molecule has 6 nitrogen and oxygen atoms in total. The molecule has 1 heterocycles. The molecule has 0 atom stereocenters. The molecule has 1 aliphatic rings. The van der Waals surface area contributed by atoms with Gasteiger partial charge in [0.15, 0.2) is 0 Å². The van der Waals surface area contributed by atoms with Gasteiger partial charge in [-0.15, -0.1) is 0 Å². The second-order valence-electron chi connectivity index (χ2n) is 5.35. The number of rotatable bonds is 3. The van der Waals surface area contributed by atoms with Gasteiger partial charge in [-0.05, 0) is 36.4 Å². The fourth-order valence-corrected chi connectivity index (χ4v) is 3.68. The van der Waals surface area contributed by atoms with Crippen LogP contribution in [0.3, 0.4) is 0 Å². The smallest absolute Gasteiger partial charge is 0.261 e. The molecule has 0 spiro atoms. The van der Waals surface area contributed by atoms with Crippen LogP contribution in [0, 0.1) is 0 Å². The Balaban J connectivity index is 1.94. The molecule has 0 bridgehead atoms. The summed E-state index contributed by atoms with van der Waals surface area (Å²) in [4.78, 5) is 13.9. The first-order valence-corrected chi connectivity index (χ1v) is 9.04. The van der Waals surface area contributed by atoms with Crippen molar-refractivity contribution in [3.8, 4) is 5.75 Å². The van der Waals surface area contributed by atoms with Crippen molar-refractivity contribution in [3.63, 3.8) is 0 Å². The molecule has 1 amide bonds. The maximum absolute atomic E-state index is 12.4. The van der Waals surface area contributed by atoms with Crippen LogP contribution in [0.5, 0.6) is 5.75 Å². The summed E-state index contributed by atoms with van der Waals surface area (Å²) < 4.78 is 32.9. The predicted octanol–water partition coefficient (Wildman–Crippen LogP) is 2.61. The topological polar surface area (TPSA) is 75.7 Å². The van der Waals surface area contributed by atoms with Crippen molar-refractivity contribution in [2.45, 2.75) is 4.90 Å². The van der Waals surface area contributed by atoms with Gasteiger partial charge in [-0.3, -0.25) is 9.52 Å². The van der Waals surface area contributed by atoms with Gasteiger partial charge in [0.25, 0.3) is 15.9 Å². The Kier molecular flexibility index (Phi) is 4.38. The van der Waals surface area contributed by atoms with Gasteiger partial charge in [0.05, 0.1) is 17.0 Å². The van der Waals surface area contributed by atoms with Crippen LogP contribution in [-0.2, 0) is 10.0 Å². The van der Waals surface area contributed by atoms with Gasteiger partial charge in [-0.1, -0.05) is 17.7 Å². The molecule has 0 saturated heterocycles. The Bertz CT molecular complexity index is 899. The molecule has 3 rings (SSSR count). The van der Waals surface area contributed by atoms with E-state index >= 15 is 0 Å². The lowest BCUT2D eigenvalue weighted by molar-refractivity contribution is 0.0797. The molecule has 0 fully saturated rings. The zero-order valence-corrected chi connectivity index (χ0v) is 14.4. The zero-order valence-electron chi connectivity index (χ0n) is 12.8. The van der Waals surface area contributed by atoms with Crippen molar-refractivity contribution < 1.29 is 17.9 Å². The number of benzene rings is 2. The summed E-state index contributed by atoms with van der Waals surface area (Å²) in [6.07, 6.45) is 0. The van der Waals surface area contributed by atoms with Crippen LogP contribution in [0.2, 0.25) is 5.02 Å². The lowest BCUT2D eigenvalue weighted by atomic mass is 10.1. The number of anilines is 1. The summed E-state index contributed by atoms with van der Waals surface area (Å²) in [7, 11) is -2.13. The van der Waals surface area contributed by atoms with Gasteiger partial charge in [0, 0.05) is 17.8 Å². The highest BCUT2D eigenvalue weighted by Crippen LogP contribution is 2.27. The van der Waals surface area contributed by atoms with Crippen molar-refractivity contribution in [1.82, 2.24) is 4.90 Å². The maximum Gasteiger partial charge on any atom is 0.261 e. The molecule has 24 heavy (non-hydrogen) atoms. The molecule has 8 heteroatoms. The quantitative estimate of drug-likeness (QED) is 0.906. The molecule has 1 aliphatic heterocycles. The number of nitrogens with one attached hydrogen (secondary N) is 1. The molecule has 126 valence electrons. The Labute approximate surface area is 145 Å². The van der Waals surface area contributed by atoms with Crippen molar-refractivity contribution in [1.29, 1.82) is 0 Å². The lowest BCUT2D eigenvalue weighted by Crippen LogP contribution is -2.27. The minimum atomic E-state index is -3.80. The zero-order chi connectivity index (χ0) is 17.3. The average Bonchev–Trinajstić information content (AvgIpc) is 2.67. The number of fused-ring (bicyclic) bond motifs is 1. The summed E-state index contributed by atoms with van der Waals surface area (Å²) in [6.45, 7) is 0.861. The Hall–Kier alpha value is -2.25. The van der Waals surface area contributed by atoms with Gasteiger partial charge in [-0.25, -0.2) is 8.42 Å². The van der Waals surface area contributed by atoms with E-state index in [0.29, 0.717) is 29.5 Å². The van der Waals surface area contributed by atoms with Crippen LogP contribution in [0.1, 0.15) is 10.4 Å². The number of carbonyl (C=O) groups excluding carboxylic acids is 1. The van der Waals surface area contributed by atoms with E-state index in [-0.39, 0.29) is 16.5 Å². The Morgan fingerprint density at radius 3 is 2.75 bits per heavy atom. The van der Waals surface area contributed by atoms with E-state index in [2.05, 4.69) is 4.72 Å². The second-order valence-corrected chi connectivity index (χ2v) is 7.47. The molecule has 0 radical (unpaired) electrons. The third-order valence-corrected chi connectivity index (χ3v) is 5.21. The number of halogens is 1. The summed E-state index contributed by atoms with van der Waals surface area (Å²) in [5, 5.41) is 0.324. The van der Waals surface area contributed by atoms with Gasteiger partial charge in [0.1, 0.15) is 12.4 Å². The molecule has 0 saturated carbocycles. The summed E-state index contributed by atoms with van der Waals surface area (Å²) in [6, 6.07) is 10.6. The van der Waals surface area contributed by atoms with E-state index in [9.17, 15) is 13.2 Å². The third kappa shape index (κ3) is 3.32. The Morgan fingerprint density at radius 2 is 2.00 bits per heavy atom. The van der Waals surface area contributed by atoms with Crippen LogP contribution in [-0.4, -0.2) is 39.4 Å². The van der Waals surface area contributed by atoms with Crippen molar-refractivity contribution in [2.24, 2.45) is 0 Å². The number of likely N-dealkylation sites (N-methyl/N-ethyl adjacent to an activating group) is 1. The molecule has 0 aliphatic carbocycles. The summed E-state index contributed by atoms with van der Waals surface area (Å²) in [5.74, 6) is 0.223. The number of hydrogen-bond acceptors (Lipinski definition) is 4. The number of sulfonamides is 1. The first-order valence-electron chi connectivity index (χ1n) is 7.17. The number of nitrogens with zero attached hydrogens (tertiary/aromatic N) is 1. The van der Waals surface area contributed by atoms with Crippen LogP contribution < -0.4 is 9.46 Å². The van der Waals surface area contributed by atoms with Crippen LogP contribution >= 0.6 is 11.6 Å². The van der Waals surface area contributed by atoms with E-state index < -0.39 is 10.0 Å². The first kappa shape index (κ1) is 16.6. The Morgan fingerprint density at radius 1 is 1.21 bits per heavy atom. The molecule has 1 N–H and O–H groups in total. The molecule has 2 aromatic rings. The van der Waals surface area contributed by atoms with Crippen LogP contribution in [0.15, 0.2) is 47.4 Å². The highest BCUT2D eigenvalue weighted by Gasteiger charge is 2.22. The van der Waals surface area contributed by atoms with Gasteiger partial charge >= 0.3 is 0 Å². The van der Waals surface area contributed by atoms with E-state index in [1.807, 2.05) is 0 Å². The standard InChI is InChI=1S/C16H15ClN2O4S/c1-19-7-8-23-15-6-5-12(10-14(15)16(19)20)18-24(21,22)13-4-2-3-11(17)9-13/h2-6,9-10,18H,7-8H2,1H3. The summed E-state index contributed by atoms with van der Waals surface area (Å²) >= 11 is 5.84. The molecular formula is C16H15ClN2O4S. The van der Waals surface area contributed by atoms with Crippen molar-refractivity contribution in [3.05, 3.63) is 53.1 Å². The second kappa shape index (κ2) is 6.33. The molecule has 0 unspecified atom stereocenters. The van der Waals surface area contributed by atoms with Gasteiger partial charge in [-0.2, -0.15) is 0 Å². The fourth-order valence-electron chi connectivity index (χ4n) is 2.33. The van der Waals surface area contributed by atoms with Gasteiger partial charge in [0.2, 0.25) is 0 Å². The van der Waals surface area contributed by atoms with Crippen LogP contribution in [0.25, 0.3) is 0 Å². The fraction of sp³-hybridized carbons (Fsp3) is 0.188. The number of hydrogen-bond donors (Lipinski definition) is 1. The highest BCUT2D eigenvalue weighted by atomic mass is 35.5. The average molecular weight is 367 g/mol. The maximum atomic E-state index is 12.4. The van der Waals surface area contributed by atoms with Crippen molar-refractivity contribution in [2.75, 3.05) is 24.9 Å². The largest absolute Gasteiger partial charge is 0.491 e. The molecule has 0 aromatic heterocycles. The van der Waals surface area contributed by atoms with Crippen molar-refractivity contribution >= 4 is 33.2 Å². The van der Waals surface area contributed by atoms with Gasteiger partial charge < -0.3 is 9.64 Å². The monoisotopic (exact) mass is 366 g/mol. The van der Waals surface area contributed by atoms with E-state index in [1.54, 1.807) is 31.3 Å². The molecule has 2 aromatic carbocycles. The highest BCUT2D eigenvalue weighted by molar-refractivity contribution is 7.92. The number of ether oxygens (including phenoxy) is 1. The van der Waals surface area contributed by atoms with E-state index in [4.69, 9.17) is 16.3 Å². The molecular weight excluding hydrogens is 352 g/mol.